The molecule has 1 heterocycles. The first-order valence-corrected chi connectivity index (χ1v) is 10.8. The maximum absolute atomic E-state index is 6.05. The first kappa shape index (κ1) is 24.6. The van der Waals surface area contributed by atoms with Crippen molar-refractivity contribution in [3.05, 3.63) is 71.8 Å². The number of piperidine rings is 1. The van der Waals surface area contributed by atoms with E-state index in [2.05, 4.69) is 69.8 Å². The number of nitrogens with zero attached hydrogens (tertiary/aromatic N) is 2. The molecular weight excluding hydrogens is 487 g/mol. The van der Waals surface area contributed by atoms with E-state index in [4.69, 9.17) is 10.5 Å². The van der Waals surface area contributed by atoms with E-state index in [-0.39, 0.29) is 24.0 Å². The molecule has 1 aliphatic rings. The van der Waals surface area contributed by atoms with Gasteiger partial charge in [0.1, 0.15) is 0 Å². The minimum atomic E-state index is 0. The van der Waals surface area contributed by atoms with Crippen LogP contribution in [0.3, 0.4) is 0 Å². The second-order valence-electron chi connectivity index (χ2n) is 7.61. The molecule has 2 aromatic carbocycles. The molecule has 2 aromatic rings. The summed E-state index contributed by atoms with van der Waals surface area (Å²) in [6.07, 6.45) is 4.46. The molecule has 30 heavy (non-hydrogen) atoms. The summed E-state index contributed by atoms with van der Waals surface area (Å²) in [4.78, 5) is 6.91. The Morgan fingerprint density at radius 1 is 1.00 bits per heavy atom. The lowest BCUT2D eigenvalue weighted by atomic mass is 10.1. The van der Waals surface area contributed by atoms with Crippen LogP contribution in [0.2, 0.25) is 0 Å². The third kappa shape index (κ3) is 9.45. The van der Waals surface area contributed by atoms with E-state index in [1.807, 2.05) is 6.07 Å². The summed E-state index contributed by atoms with van der Waals surface area (Å²) in [5, 5.41) is 3.18. The van der Waals surface area contributed by atoms with Gasteiger partial charge in [-0.25, -0.2) is 0 Å². The second kappa shape index (κ2) is 14.4. The monoisotopic (exact) mass is 522 g/mol. The van der Waals surface area contributed by atoms with Gasteiger partial charge in [0.25, 0.3) is 0 Å². The molecule has 3 N–H and O–H groups in total. The van der Waals surface area contributed by atoms with E-state index >= 15 is 0 Å². The van der Waals surface area contributed by atoms with Gasteiger partial charge in [0.2, 0.25) is 0 Å². The lowest BCUT2D eigenvalue weighted by Gasteiger charge is -2.31. The molecule has 0 saturated carbocycles. The molecular formula is C24H35IN4O. The van der Waals surface area contributed by atoms with Gasteiger partial charge in [-0.15, -0.1) is 24.0 Å². The lowest BCUT2D eigenvalue weighted by molar-refractivity contribution is 0.00566. The molecule has 0 aliphatic carbocycles. The zero-order chi connectivity index (χ0) is 20.2. The van der Waals surface area contributed by atoms with Crippen molar-refractivity contribution in [2.45, 2.75) is 38.3 Å². The third-order valence-electron chi connectivity index (χ3n) is 5.28. The van der Waals surface area contributed by atoms with Crippen LogP contribution < -0.4 is 11.1 Å². The minimum Gasteiger partial charge on any atom is -0.378 e. The van der Waals surface area contributed by atoms with Crippen LogP contribution in [0.4, 0.5) is 0 Å². The van der Waals surface area contributed by atoms with Crippen molar-refractivity contribution >= 4 is 29.9 Å². The van der Waals surface area contributed by atoms with Crippen molar-refractivity contribution < 1.29 is 4.74 Å². The zero-order valence-electron chi connectivity index (χ0n) is 17.7. The number of halogens is 1. The normalized spacial score (nSPS) is 15.5. The van der Waals surface area contributed by atoms with Crippen molar-refractivity contribution in [1.29, 1.82) is 0 Å². The third-order valence-corrected chi connectivity index (χ3v) is 5.28. The van der Waals surface area contributed by atoms with E-state index in [9.17, 15) is 0 Å². The second-order valence-corrected chi connectivity index (χ2v) is 7.61. The molecule has 0 amide bonds. The number of benzene rings is 2. The van der Waals surface area contributed by atoms with Crippen molar-refractivity contribution in [3.63, 3.8) is 0 Å². The Kier molecular flexibility index (Phi) is 11.8. The van der Waals surface area contributed by atoms with Gasteiger partial charge in [-0.1, -0.05) is 60.7 Å². The van der Waals surface area contributed by atoms with E-state index in [0.717, 1.165) is 58.5 Å². The number of nitrogens with two attached hydrogens (primary N) is 1. The zero-order valence-corrected chi connectivity index (χ0v) is 20.0. The highest BCUT2D eigenvalue weighted by molar-refractivity contribution is 14.0. The molecule has 3 rings (SSSR count). The SMILES string of the molecule is I.NC(=NCCCOC1CCN(Cc2ccccc2)CC1)NCCc1ccccc1. The predicted octanol–water partition coefficient (Wildman–Crippen LogP) is 3.82. The number of ether oxygens (including phenoxy) is 1. The number of hydrogen-bond acceptors (Lipinski definition) is 3. The highest BCUT2D eigenvalue weighted by atomic mass is 127. The van der Waals surface area contributed by atoms with E-state index in [0.29, 0.717) is 18.6 Å². The van der Waals surface area contributed by atoms with Gasteiger partial charge < -0.3 is 15.8 Å². The fraction of sp³-hybridized carbons (Fsp3) is 0.458. The van der Waals surface area contributed by atoms with Gasteiger partial charge in [0, 0.05) is 39.3 Å². The number of rotatable bonds is 10. The van der Waals surface area contributed by atoms with Gasteiger partial charge >= 0.3 is 0 Å². The Balaban J connectivity index is 0.00000320. The average Bonchev–Trinajstić information content (AvgIpc) is 2.76. The Morgan fingerprint density at radius 3 is 2.30 bits per heavy atom. The quantitative estimate of drug-likeness (QED) is 0.216. The first-order valence-electron chi connectivity index (χ1n) is 10.8. The Labute approximate surface area is 198 Å². The fourth-order valence-electron chi connectivity index (χ4n) is 3.63. The summed E-state index contributed by atoms with van der Waals surface area (Å²) in [6.45, 7) is 5.52. The fourth-order valence-corrected chi connectivity index (χ4v) is 3.63. The highest BCUT2D eigenvalue weighted by Crippen LogP contribution is 2.16. The van der Waals surface area contributed by atoms with Crippen molar-refractivity contribution in [2.75, 3.05) is 32.8 Å². The smallest absolute Gasteiger partial charge is 0.188 e. The number of hydrogen-bond donors (Lipinski definition) is 2. The topological polar surface area (TPSA) is 62.9 Å². The summed E-state index contributed by atoms with van der Waals surface area (Å²) in [5.74, 6) is 0.523. The number of guanidine groups is 1. The van der Waals surface area contributed by atoms with Crippen molar-refractivity contribution in [3.8, 4) is 0 Å². The highest BCUT2D eigenvalue weighted by Gasteiger charge is 2.19. The van der Waals surface area contributed by atoms with E-state index in [1.54, 1.807) is 0 Å². The summed E-state index contributed by atoms with van der Waals surface area (Å²) in [7, 11) is 0. The minimum absolute atomic E-state index is 0. The Morgan fingerprint density at radius 2 is 1.63 bits per heavy atom. The molecule has 0 unspecified atom stereocenters. The summed E-state index contributed by atoms with van der Waals surface area (Å²) in [6, 6.07) is 21.1. The van der Waals surface area contributed by atoms with Crippen LogP contribution in [-0.4, -0.2) is 49.7 Å². The molecule has 1 saturated heterocycles. The van der Waals surface area contributed by atoms with Crippen LogP contribution in [0.5, 0.6) is 0 Å². The van der Waals surface area contributed by atoms with Gasteiger partial charge in [0.15, 0.2) is 5.96 Å². The van der Waals surface area contributed by atoms with Crippen molar-refractivity contribution in [1.82, 2.24) is 10.2 Å². The van der Waals surface area contributed by atoms with Crippen molar-refractivity contribution in [2.24, 2.45) is 10.7 Å². The molecule has 0 bridgehead atoms. The Bertz CT molecular complexity index is 719. The number of aliphatic imine (C=N–C) groups is 1. The van der Waals surface area contributed by atoms with Gasteiger partial charge in [0.05, 0.1) is 6.10 Å². The van der Waals surface area contributed by atoms with Gasteiger partial charge in [-0.2, -0.15) is 0 Å². The molecule has 6 heteroatoms. The number of nitrogens with one attached hydrogen (secondary N) is 1. The van der Waals surface area contributed by atoms with Gasteiger partial charge in [-0.3, -0.25) is 9.89 Å². The van der Waals surface area contributed by atoms with Crippen LogP contribution in [0.25, 0.3) is 0 Å². The summed E-state index contributed by atoms with van der Waals surface area (Å²) < 4.78 is 6.05. The van der Waals surface area contributed by atoms with Crippen LogP contribution in [0.1, 0.15) is 30.4 Å². The standard InChI is InChI=1S/C24H34N4O.HI/c25-24(27-16-12-21-8-3-1-4-9-21)26-15-7-19-29-23-13-17-28(18-14-23)20-22-10-5-2-6-11-22;/h1-6,8-11,23H,7,12-20H2,(H3,25,26,27);1H. The largest absolute Gasteiger partial charge is 0.378 e. The average molecular weight is 522 g/mol. The predicted molar refractivity (Wildman–Crippen MR) is 135 cm³/mol. The maximum atomic E-state index is 6.05. The van der Waals surface area contributed by atoms with Crippen LogP contribution in [-0.2, 0) is 17.7 Å². The summed E-state index contributed by atoms with van der Waals surface area (Å²) >= 11 is 0. The summed E-state index contributed by atoms with van der Waals surface area (Å²) in [5.41, 5.74) is 8.62. The number of likely N-dealkylation sites (tertiary alicyclic amines) is 1. The Hall–Kier alpha value is -1.64. The van der Waals surface area contributed by atoms with E-state index < -0.39 is 0 Å². The van der Waals surface area contributed by atoms with Gasteiger partial charge in [-0.05, 0) is 36.8 Å². The first-order chi connectivity index (χ1) is 14.3. The van der Waals surface area contributed by atoms with Crippen LogP contribution >= 0.6 is 24.0 Å². The molecule has 1 fully saturated rings. The van der Waals surface area contributed by atoms with Crippen LogP contribution in [0.15, 0.2) is 65.7 Å². The molecule has 5 nitrogen and oxygen atoms in total. The molecule has 0 spiro atoms. The molecule has 0 radical (unpaired) electrons. The molecule has 1 aliphatic heterocycles. The molecule has 164 valence electrons. The van der Waals surface area contributed by atoms with Crippen LogP contribution in [0, 0.1) is 0 Å². The van der Waals surface area contributed by atoms with E-state index in [1.165, 1.54) is 11.1 Å². The lowest BCUT2D eigenvalue weighted by Crippen LogP contribution is -2.36. The molecule has 0 aromatic heterocycles. The molecule has 0 atom stereocenters. The maximum Gasteiger partial charge on any atom is 0.188 e.